The van der Waals surface area contributed by atoms with Crippen LogP contribution in [0, 0.1) is 0 Å². The zero-order valence-electron chi connectivity index (χ0n) is 29.7. The molecule has 0 spiro atoms. The van der Waals surface area contributed by atoms with Crippen LogP contribution in [0.4, 0.5) is 0 Å². The van der Waals surface area contributed by atoms with Crippen molar-refractivity contribution in [3.63, 3.8) is 0 Å². The molecule has 0 amide bonds. The molecule has 9 aromatic rings. The Morgan fingerprint density at radius 3 is 1.79 bits per heavy atom. The van der Waals surface area contributed by atoms with E-state index < -0.39 is 0 Å². The van der Waals surface area contributed by atoms with E-state index in [0.717, 1.165) is 55.7 Å². The summed E-state index contributed by atoms with van der Waals surface area (Å²) >= 11 is 0. The fourth-order valence-electron chi connectivity index (χ4n) is 7.50. The van der Waals surface area contributed by atoms with Crippen molar-refractivity contribution in [3.8, 4) is 50.5 Å². The number of hydrogen-bond donors (Lipinski definition) is 0. The van der Waals surface area contributed by atoms with Crippen molar-refractivity contribution < 1.29 is 4.42 Å². The van der Waals surface area contributed by atoms with Crippen molar-refractivity contribution in [2.24, 2.45) is 0 Å². The van der Waals surface area contributed by atoms with Gasteiger partial charge < -0.3 is 4.42 Å². The maximum atomic E-state index is 6.82. The highest BCUT2D eigenvalue weighted by Crippen LogP contribution is 2.43. The number of furan rings is 1. The Bertz CT molecular complexity index is 2690. The van der Waals surface area contributed by atoms with Crippen LogP contribution < -0.4 is 0 Å². The van der Waals surface area contributed by atoms with Gasteiger partial charge in [0.25, 0.3) is 0 Å². The van der Waals surface area contributed by atoms with Crippen LogP contribution in [0.1, 0.15) is 50.7 Å². The molecule has 0 bridgehead atoms. The van der Waals surface area contributed by atoms with Gasteiger partial charge in [-0.3, -0.25) is 4.57 Å². The van der Waals surface area contributed by atoms with Crippen LogP contribution in [-0.2, 0) is 0 Å². The molecule has 6 aromatic carbocycles. The Morgan fingerprint density at radius 2 is 1.13 bits per heavy atom. The average Bonchev–Trinajstić information content (AvgIpc) is 3.76. The summed E-state index contributed by atoms with van der Waals surface area (Å²) in [7, 11) is 0. The molecule has 0 fully saturated rings. The highest BCUT2D eigenvalue weighted by molar-refractivity contribution is 6.10. The lowest BCUT2D eigenvalue weighted by atomic mass is 9.88. The van der Waals surface area contributed by atoms with Crippen molar-refractivity contribution >= 4 is 33.1 Å². The lowest BCUT2D eigenvalue weighted by molar-refractivity contribution is 0.669. The van der Waals surface area contributed by atoms with Gasteiger partial charge in [0.1, 0.15) is 11.2 Å². The number of fused-ring (bicyclic) bond motifs is 4. The largest absolute Gasteiger partial charge is 0.455 e. The van der Waals surface area contributed by atoms with E-state index in [9.17, 15) is 0 Å². The fourth-order valence-corrected chi connectivity index (χ4v) is 7.50. The second-order valence-electron chi connectivity index (χ2n) is 14.1. The van der Waals surface area contributed by atoms with E-state index in [0.29, 0.717) is 5.65 Å². The summed E-state index contributed by atoms with van der Waals surface area (Å²) < 4.78 is 9.12. The second-order valence-corrected chi connectivity index (χ2v) is 14.1. The summed E-state index contributed by atoms with van der Waals surface area (Å²) in [5.41, 5.74) is 14.8. The van der Waals surface area contributed by atoms with Crippen LogP contribution >= 0.6 is 0 Å². The smallest absolute Gasteiger partial charge is 0.200 e. The van der Waals surface area contributed by atoms with E-state index in [4.69, 9.17) is 9.40 Å². The molecule has 9 rings (SSSR count). The minimum Gasteiger partial charge on any atom is -0.455 e. The molecule has 0 aliphatic carbocycles. The first-order chi connectivity index (χ1) is 25.4. The van der Waals surface area contributed by atoms with E-state index in [-0.39, 0.29) is 11.8 Å². The lowest BCUT2D eigenvalue weighted by Gasteiger charge is -2.24. The third-order valence-corrected chi connectivity index (χ3v) is 10.2. The lowest BCUT2D eigenvalue weighted by Crippen LogP contribution is -2.09. The number of hydrogen-bond acceptors (Lipinski definition) is 4. The third-order valence-electron chi connectivity index (χ3n) is 10.2. The molecule has 0 unspecified atom stereocenters. The Balaban J connectivity index is 1.23. The summed E-state index contributed by atoms with van der Waals surface area (Å²) in [6, 6.07) is 49.4. The van der Waals surface area contributed by atoms with E-state index in [1.54, 1.807) is 6.20 Å². The Kier molecular flexibility index (Phi) is 7.77. The van der Waals surface area contributed by atoms with E-state index in [1.807, 2.05) is 12.1 Å². The average molecular weight is 675 g/mol. The SMILES string of the molecule is CC(C)c1cc(-c2ccccc2)cc(C(C)C)c1-n1c(-c2cccc3c2oc2cc(-c4ccc(-c5ccccc5)cc4)ccc23)nc2nnccc21. The number of rotatable bonds is 7. The van der Waals surface area contributed by atoms with Crippen LogP contribution in [0.15, 0.2) is 150 Å². The van der Waals surface area contributed by atoms with Crippen LogP contribution in [0.2, 0.25) is 0 Å². The molecule has 3 aromatic heterocycles. The molecule has 0 aliphatic heterocycles. The van der Waals surface area contributed by atoms with Gasteiger partial charge in [0, 0.05) is 10.8 Å². The zero-order chi connectivity index (χ0) is 35.3. The Hall–Kier alpha value is -6.33. The van der Waals surface area contributed by atoms with Gasteiger partial charge in [0.2, 0.25) is 5.65 Å². The van der Waals surface area contributed by atoms with E-state index in [2.05, 4.69) is 170 Å². The highest BCUT2D eigenvalue weighted by atomic mass is 16.3. The first kappa shape index (κ1) is 31.6. The van der Waals surface area contributed by atoms with Crippen LogP contribution in [0.25, 0.3) is 83.6 Å². The molecule has 0 saturated heterocycles. The van der Waals surface area contributed by atoms with E-state index >= 15 is 0 Å². The van der Waals surface area contributed by atoms with Gasteiger partial charge in [-0.25, -0.2) is 4.98 Å². The normalized spacial score (nSPS) is 11.8. The molecular weight excluding hydrogens is 637 g/mol. The predicted octanol–water partition coefficient (Wildman–Crippen LogP) is 12.6. The molecule has 0 radical (unpaired) electrons. The van der Waals surface area contributed by atoms with Gasteiger partial charge in [-0.1, -0.05) is 131 Å². The maximum Gasteiger partial charge on any atom is 0.200 e. The minimum atomic E-state index is 0.249. The molecule has 5 nitrogen and oxygen atoms in total. The van der Waals surface area contributed by atoms with Crippen molar-refractivity contribution in [2.75, 3.05) is 0 Å². The van der Waals surface area contributed by atoms with Crippen molar-refractivity contribution in [3.05, 3.63) is 157 Å². The standard InChI is InChI=1S/C47H38N4O/c1-29(2)40-26-36(32-14-9-6-10-15-32)27-41(30(3)4)44(40)51-42-24-25-48-50-46(42)49-47(51)39-17-11-16-38-37-23-22-35(28-43(37)52-45(38)39)34-20-18-33(19-21-34)31-12-7-5-8-13-31/h5-30H,1-4H3. The maximum absolute atomic E-state index is 6.82. The number of para-hydroxylation sites is 1. The van der Waals surface area contributed by atoms with Gasteiger partial charge in [-0.05, 0) is 92.7 Å². The molecule has 252 valence electrons. The topological polar surface area (TPSA) is 56.7 Å². The highest BCUT2D eigenvalue weighted by Gasteiger charge is 2.26. The monoisotopic (exact) mass is 674 g/mol. The molecular formula is C47H38N4O. The van der Waals surface area contributed by atoms with Crippen LogP contribution in [0.3, 0.4) is 0 Å². The van der Waals surface area contributed by atoms with Gasteiger partial charge in [-0.15, -0.1) is 5.10 Å². The first-order valence-corrected chi connectivity index (χ1v) is 18.0. The number of aromatic nitrogens is 4. The van der Waals surface area contributed by atoms with Crippen molar-refractivity contribution in [1.29, 1.82) is 0 Å². The Labute approximate surface area is 303 Å². The summed E-state index contributed by atoms with van der Waals surface area (Å²) in [6.07, 6.45) is 1.75. The molecule has 5 heteroatoms. The molecule has 0 N–H and O–H groups in total. The first-order valence-electron chi connectivity index (χ1n) is 18.0. The van der Waals surface area contributed by atoms with Gasteiger partial charge in [-0.2, -0.15) is 5.10 Å². The summed E-state index contributed by atoms with van der Waals surface area (Å²) in [4.78, 5) is 5.19. The minimum absolute atomic E-state index is 0.249. The van der Waals surface area contributed by atoms with Crippen LogP contribution in [-0.4, -0.2) is 19.7 Å². The quantitative estimate of drug-likeness (QED) is 0.169. The molecule has 3 heterocycles. The van der Waals surface area contributed by atoms with Gasteiger partial charge in [0.05, 0.1) is 23.0 Å². The number of imidazole rings is 1. The molecule has 0 saturated carbocycles. The summed E-state index contributed by atoms with van der Waals surface area (Å²) in [5, 5.41) is 10.9. The van der Waals surface area contributed by atoms with Gasteiger partial charge >= 0.3 is 0 Å². The van der Waals surface area contributed by atoms with Crippen molar-refractivity contribution in [2.45, 2.75) is 39.5 Å². The predicted molar refractivity (Wildman–Crippen MR) is 214 cm³/mol. The van der Waals surface area contributed by atoms with Crippen LogP contribution in [0.5, 0.6) is 0 Å². The summed E-state index contributed by atoms with van der Waals surface area (Å²) in [6.45, 7) is 9.07. The summed E-state index contributed by atoms with van der Waals surface area (Å²) in [5.74, 6) is 1.28. The molecule has 52 heavy (non-hydrogen) atoms. The molecule has 0 atom stereocenters. The van der Waals surface area contributed by atoms with Gasteiger partial charge in [0.15, 0.2) is 5.82 Å². The number of benzene rings is 6. The van der Waals surface area contributed by atoms with E-state index in [1.165, 1.54) is 33.4 Å². The third kappa shape index (κ3) is 5.37. The Morgan fingerprint density at radius 1 is 0.538 bits per heavy atom. The number of nitrogens with zero attached hydrogens (tertiary/aromatic N) is 4. The van der Waals surface area contributed by atoms with Crippen molar-refractivity contribution in [1.82, 2.24) is 19.7 Å². The second kappa shape index (κ2) is 12.8. The molecule has 0 aliphatic rings. The zero-order valence-corrected chi connectivity index (χ0v) is 29.7. The fraction of sp³-hybridized carbons (Fsp3) is 0.128.